The Balaban J connectivity index is 0. The van der Waals surface area contributed by atoms with Crippen LogP contribution in [0.25, 0.3) is 0 Å². The number of benzene rings is 1. The number of likely N-dealkylation sites (N-methyl/N-ethyl adjacent to an activating group) is 1. The average Bonchev–Trinajstić information content (AvgIpc) is 2.46. The Morgan fingerprint density at radius 2 is 1.91 bits per heavy atom. The minimum atomic E-state index is -0.642. The molecule has 1 unspecified atom stereocenters. The van der Waals surface area contributed by atoms with Gasteiger partial charge < -0.3 is 25.2 Å². The molecule has 1 amide bonds. The summed E-state index contributed by atoms with van der Waals surface area (Å²) in [5.41, 5.74) is 1.32. The van der Waals surface area contributed by atoms with E-state index in [0.29, 0.717) is 11.3 Å². The minimum absolute atomic E-state index is 0. The Labute approximate surface area is 140 Å². The molecule has 1 rings (SSSR count). The van der Waals surface area contributed by atoms with Crippen LogP contribution in [0, 0.1) is 6.92 Å². The van der Waals surface area contributed by atoms with Crippen LogP contribution in [0.5, 0.6) is 11.5 Å². The van der Waals surface area contributed by atoms with Crippen molar-refractivity contribution < 1.29 is 24.2 Å². The highest BCUT2D eigenvalue weighted by Gasteiger charge is 2.16. The van der Waals surface area contributed by atoms with Crippen LogP contribution in [-0.4, -0.2) is 44.2 Å². The molecule has 23 heavy (non-hydrogen) atoms. The summed E-state index contributed by atoms with van der Waals surface area (Å²) < 4.78 is 10.3. The normalized spacial score (nSPS) is 9.22. The van der Waals surface area contributed by atoms with Gasteiger partial charge in [-0.15, -0.1) is 0 Å². The standard InChI is InChI=1S/C14H20N2O5.CH4.H3P/c1-9-4-10(8-17)14(11(5-9)20-3)21-13(19)7-16-12(18)6-15-2;;/h4-5,15,17H,6-8H2,1-3H3,(H,16,18);1H4;1H3. The van der Waals surface area contributed by atoms with Crippen molar-refractivity contribution in [3.8, 4) is 11.5 Å². The van der Waals surface area contributed by atoms with Gasteiger partial charge in [0.2, 0.25) is 5.91 Å². The molecule has 8 heteroatoms. The van der Waals surface area contributed by atoms with Crippen LogP contribution in [0.4, 0.5) is 0 Å². The molecule has 0 aromatic heterocycles. The van der Waals surface area contributed by atoms with E-state index >= 15 is 0 Å². The van der Waals surface area contributed by atoms with E-state index in [4.69, 9.17) is 9.47 Å². The number of carbonyl (C=O) groups excluding carboxylic acids is 2. The van der Waals surface area contributed by atoms with E-state index < -0.39 is 5.97 Å². The van der Waals surface area contributed by atoms with Crippen molar-refractivity contribution in [1.29, 1.82) is 0 Å². The van der Waals surface area contributed by atoms with E-state index in [1.54, 1.807) is 19.2 Å². The fraction of sp³-hybridized carbons (Fsp3) is 0.467. The number of methoxy groups -OCH3 is 1. The van der Waals surface area contributed by atoms with Crippen LogP contribution in [0.3, 0.4) is 0 Å². The molecule has 0 aliphatic heterocycles. The molecule has 7 nitrogen and oxygen atoms in total. The summed E-state index contributed by atoms with van der Waals surface area (Å²) in [6.45, 7) is 1.41. The number of carbonyl (C=O) groups is 2. The second kappa shape index (κ2) is 11.8. The van der Waals surface area contributed by atoms with E-state index in [1.165, 1.54) is 7.11 Å². The molecule has 1 aromatic rings. The van der Waals surface area contributed by atoms with Crippen LogP contribution in [-0.2, 0) is 16.2 Å². The first kappa shape index (κ1) is 23.6. The number of esters is 1. The Hall–Kier alpha value is -1.69. The molecule has 0 bridgehead atoms. The first-order chi connectivity index (χ1) is 10.0. The molecule has 1 aromatic carbocycles. The Kier molecular flexibility index (Phi) is 12.1. The first-order valence-electron chi connectivity index (χ1n) is 6.42. The molecule has 0 saturated carbocycles. The highest BCUT2D eigenvalue weighted by Crippen LogP contribution is 2.32. The van der Waals surface area contributed by atoms with E-state index in [0.717, 1.165) is 5.56 Å². The highest BCUT2D eigenvalue weighted by molar-refractivity contribution is 6.92. The monoisotopic (exact) mass is 346 g/mol. The molecule has 0 saturated heterocycles. The lowest BCUT2D eigenvalue weighted by Gasteiger charge is -2.14. The zero-order valence-electron chi connectivity index (χ0n) is 13.1. The van der Waals surface area contributed by atoms with E-state index in [2.05, 4.69) is 10.6 Å². The Bertz CT molecular complexity index is 498. The summed E-state index contributed by atoms with van der Waals surface area (Å²) in [5.74, 6) is -0.434. The molecule has 0 heterocycles. The largest absolute Gasteiger partial charge is 0.493 e. The molecule has 3 N–H and O–H groups in total. The fourth-order valence-electron chi connectivity index (χ4n) is 1.74. The summed E-state index contributed by atoms with van der Waals surface area (Å²) in [6, 6.07) is 3.39. The number of aliphatic hydroxyl groups excluding tert-OH is 1. The lowest BCUT2D eigenvalue weighted by molar-refractivity contribution is -0.135. The number of aryl methyl sites for hydroxylation is 1. The van der Waals surface area contributed by atoms with Gasteiger partial charge in [0, 0.05) is 5.56 Å². The number of aliphatic hydroxyl groups is 1. The van der Waals surface area contributed by atoms with Gasteiger partial charge in [-0.05, 0) is 31.7 Å². The van der Waals surface area contributed by atoms with Gasteiger partial charge in [-0.2, -0.15) is 9.90 Å². The molecule has 0 aliphatic rings. The maximum Gasteiger partial charge on any atom is 0.330 e. The molecule has 132 valence electrons. The second-order valence-corrected chi connectivity index (χ2v) is 4.39. The third-order valence-corrected chi connectivity index (χ3v) is 2.65. The summed E-state index contributed by atoms with van der Waals surface area (Å²) in [7, 11) is 3.07. The van der Waals surface area contributed by atoms with Gasteiger partial charge in [0.25, 0.3) is 0 Å². The first-order valence-corrected chi connectivity index (χ1v) is 6.42. The summed E-state index contributed by atoms with van der Waals surface area (Å²) in [6.07, 6.45) is 0. The molecular formula is C15H27N2O5P. The van der Waals surface area contributed by atoms with Crippen molar-refractivity contribution in [2.75, 3.05) is 27.2 Å². The minimum Gasteiger partial charge on any atom is -0.493 e. The number of hydrogen-bond acceptors (Lipinski definition) is 6. The zero-order chi connectivity index (χ0) is 15.8. The molecule has 0 aliphatic carbocycles. The van der Waals surface area contributed by atoms with Gasteiger partial charge in [-0.25, -0.2) is 4.79 Å². The van der Waals surface area contributed by atoms with Gasteiger partial charge in [0.1, 0.15) is 6.54 Å². The number of hydrogen-bond donors (Lipinski definition) is 3. The highest BCUT2D eigenvalue weighted by atomic mass is 31.0. The SMILES string of the molecule is C.CNCC(=O)NCC(=O)Oc1c(CO)cc(C)cc1OC.P. The lowest BCUT2D eigenvalue weighted by Crippen LogP contribution is -2.37. The molecular weight excluding hydrogens is 319 g/mol. The third kappa shape index (κ3) is 7.41. The van der Waals surface area contributed by atoms with Crippen LogP contribution in [0.2, 0.25) is 0 Å². The van der Waals surface area contributed by atoms with Crippen LogP contribution in [0.1, 0.15) is 18.6 Å². The predicted octanol–water partition coefficient (Wildman–Crippen LogP) is 0.431. The lowest BCUT2D eigenvalue weighted by atomic mass is 10.1. The van der Waals surface area contributed by atoms with Crippen molar-refractivity contribution in [2.24, 2.45) is 0 Å². The van der Waals surface area contributed by atoms with Gasteiger partial charge in [0.15, 0.2) is 11.5 Å². The third-order valence-electron chi connectivity index (χ3n) is 2.65. The van der Waals surface area contributed by atoms with Crippen molar-refractivity contribution >= 4 is 21.8 Å². The number of rotatable bonds is 7. The van der Waals surface area contributed by atoms with Gasteiger partial charge >= 0.3 is 5.97 Å². The van der Waals surface area contributed by atoms with Crippen molar-refractivity contribution in [2.45, 2.75) is 21.0 Å². The Morgan fingerprint density at radius 3 is 2.43 bits per heavy atom. The van der Waals surface area contributed by atoms with Crippen LogP contribution in [0.15, 0.2) is 12.1 Å². The van der Waals surface area contributed by atoms with Crippen molar-refractivity contribution in [3.63, 3.8) is 0 Å². The number of nitrogens with one attached hydrogen (secondary N) is 2. The Morgan fingerprint density at radius 1 is 1.26 bits per heavy atom. The fourth-order valence-corrected chi connectivity index (χ4v) is 1.74. The van der Waals surface area contributed by atoms with Gasteiger partial charge in [-0.3, -0.25) is 4.79 Å². The van der Waals surface area contributed by atoms with E-state index in [9.17, 15) is 14.7 Å². The predicted molar refractivity (Wildman–Crippen MR) is 94.1 cm³/mol. The summed E-state index contributed by atoms with van der Waals surface area (Å²) >= 11 is 0. The number of ether oxygens (including phenoxy) is 2. The molecule has 0 fully saturated rings. The molecule has 0 spiro atoms. The summed E-state index contributed by atoms with van der Waals surface area (Å²) in [4.78, 5) is 23.0. The molecule has 1 atom stereocenters. The topological polar surface area (TPSA) is 96.9 Å². The van der Waals surface area contributed by atoms with Gasteiger partial charge in [0.05, 0.1) is 20.3 Å². The maximum atomic E-state index is 11.7. The van der Waals surface area contributed by atoms with Crippen LogP contribution >= 0.6 is 9.90 Å². The zero-order valence-corrected chi connectivity index (χ0v) is 14.5. The molecule has 0 radical (unpaired) electrons. The van der Waals surface area contributed by atoms with Crippen LogP contribution < -0.4 is 20.1 Å². The van der Waals surface area contributed by atoms with E-state index in [1.807, 2.05) is 6.92 Å². The second-order valence-electron chi connectivity index (χ2n) is 4.39. The average molecular weight is 346 g/mol. The summed E-state index contributed by atoms with van der Waals surface area (Å²) in [5, 5.41) is 14.4. The smallest absolute Gasteiger partial charge is 0.330 e. The quantitative estimate of drug-likeness (QED) is 0.376. The number of amides is 1. The van der Waals surface area contributed by atoms with Crippen molar-refractivity contribution in [1.82, 2.24) is 10.6 Å². The van der Waals surface area contributed by atoms with E-state index in [-0.39, 0.29) is 48.7 Å². The van der Waals surface area contributed by atoms with Gasteiger partial charge in [-0.1, -0.05) is 7.43 Å². The maximum absolute atomic E-state index is 11.7. The van der Waals surface area contributed by atoms with Crippen molar-refractivity contribution in [3.05, 3.63) is 23.3 Å².